The Morgan fingerprint density at radius 3 is 2.28 bits per heavy atom. The zero-order valence-electron chi connectivity index (χ0n) is 15.4. The first-order chi connectivity index (χ1) is 14.8. The molecule has 168 valence electrons. The maximum atomic E-state index is 13.8. The molecule has 0 spiro atoms. The van der Waals surface area contributed by atoms with Gasteiger partial charge in [0.15, 0.2) is 0 Å². The molecule has 5 nitrogen and oxygen atoms in total. The summed E-state index contributed by atoms with van der Waals surface area (Å²) in [4.78, 5) is 18.5. The van der Waals surface area contributed by atoms with E-state index in [0.29, 0.717) is 24.4 Å². The standard InChI is InChI=1S/C19H9F8N3O2/c20-10-4-5-14(13(21)7-10)29-15(31)12-8-28-17(19(25,26)27)30-16(12)32-11-3-1-2-9(6-11)18(22,23)24/h1-8H,(H,29,31). The van der Waals surface area contributed by atoms with Crippen LogP contribution in [0.2, 0.25) is 0 Å². The van der Waals surface area contributed by atoms with Crippen LogP contribution in [0.4, 0.5) is 40.8 Å². The van der Waals surface area contributed by atoms with Crippen LogP contribution in [-0.4, -0.2) is 15.9 Å². The minimum absolute atomic E-state index is 0.412. The predicted molar refractivity (Wildman–Crippen MR) is 92.9 cm³/mol. The van der Waals surface area contributed by atoms with Gasteiger partial charge in [-0.2, -0.15) is 31.3 Å². The predicted octanol–water partition coefficient (Wildman–Crippen LogP) is 5.84. The van der Waals surface area contributed by atoms with Crippen molar-refractivity contribution in [2.45, 2.75) is 12.4 Å². The lowest BCUT2D eigenvalue weighted by atomic mass is 10.2. The van der Waals surface area contributed by atoms with E-state index < -0.39 is 64.2 Å². The van der Waals surface area contributed by atoms with Crippen molar-refractivity contribution in [3.8, 4) is 11.6 Å². The SMILES string of the molecule is O=C(Nc1ccc(F)cc1F)c1cnc(C(F)(F)F)nc1Oc1cccc(C(F)(F)F)c1. The lowest BCUT2D eigenvalue weighted by Gasteiger charge is -2.14. The Labute approximate surface area is 173 Å². The van der Waals surface area contributed by atoms with Crippen molar-refractivity contribution < 1.29 is 44.7 Å². The summed E-state index contributed by atoms with van der Waals surface area (Å²) in [6, 6.07) is 5.20. The fourth-order valence-electron chi connectivity index (χ4n) is 2.36. The summed E-state index contributed by atoms with van der Waals surface area (Å²) in [5, 5.41) is 1.97. The van der Waals surface area contributed by atoms with Gasteiger partial charge in [0, 0.05) is 12.3 Å². The van der Waals surface area contributed by atoms with E-state index in [1.807, 2.05) is 5.32 Å². The molecular weight excluding hydrogens is 454 g/mol. The van der Waals surface area contributed by atoms with Gasteiger partial charge in [-0.3, -0.25) is 4.79 Å². The molecular formula is C19H9F8N3O2. The van der Waals surface area contributed by atoms with Gasteiger partial charge in [-0.05, 0) is 30.3 Å². The average Bonchev–Trinajstić information content (AvgIpc) is 2.69. The number of alkyl halides is 6. The summed E-state index contributed by atoms with van der Waals surface area (Å²) in [7, 11) is 0. The highest BCUT2D eigenvalue weighted by atomic mass is 19.4. The number of anilines is 1. The van der Waals surface area contributed by atoms with E-state index in [1.54, 1.807) is 0 Å². The van der Waals surface area contributed by atoms with Gasteiger partial charge in [0.25, 0.3) is 5.91 Å². The molecule has 0 radical (unpaired) electrons. The average molecular weight is 463 g/mol. The molecule has 0 fully saturated rings. The largest absolute Gasteiger partial charge is 0.451 e. The summed E-state index contributed by atoms with van der Waals surface area (Å²) in [5.41, 5.74) is -2.44. The monoisotopic (exact) mass is 463 g/mol. The molecule has 1 aromatic heterocycles. The molecule has 0 saturated heterocycles. The number of nitrogens with zero attached hydrogens (tertiary/aromatic N) is 2. The van der Waals surface area contributed by atoms with Crippen molar-refractivity contribution in [1.82, 2.24) is 9.97 Å². The fraction of sp³-hybridized carbons (Fsp3) is 0.105. The van der Waals surface area contributed by atoms with Crippen molar-refractivity contribution >= 4 is 11.6 Å². The second kappa shape index (κ2) is 8.40. The highest BCUT2D eigenvalue weighted by Crippen LogP contribution is 2.34. The molecule has 3 rings (SSSR count). The van der Waals surface area contributed by atoms with E-state index in [1.165, 1.54) is 0 Å². The summed E-state index contributed by atoms with van der Waals surface area (Å²) in [6.07, 6.45) is -9.43. The first-order valence-corrected chi connectivity index (χ1v) is 8.40. The lowest BCUT2D eigenvalue weighted by Crippen LogP contribution is -2.18. The number of carbonyl (C=O) groups excluding carboxylic acids is 1. The fourth-order valence-corrected chi connectivity index (χ4v) is 2.36. The van der Waals surface area contributed by atoms with E-state index in [4.69, 9.17) is 4.74 Å². The number of amides is 1. The minimum Gasteiger partial charge on any atom is -0.438 e. The van der Waals surface area contributed by atoms with Gasteiger partial charge in [0.2, 0.25) is 11.7 Å². The van der Waals surface area contributed by atoms with E-state index in [2.05, 4.69) is 9.97 Å². The number of aromatic nitrogens is 2. The van der Waals surface area contributed by atoms with Gasteiger partial charge >= 0.3 is 12.4 Å². The van der Waals surface area contributed by atoms with E-state index >= 15 is 0 Å². The van der Waals surface area contributed by atoms with E-state index in [-0.39, 0.29) is 0 Å². The Balaban J connectivity index is 2.00. The highest BCUT2D eigenvalue weighted by molar-refractivity contribution is 6.05. The number of hydrogen-bond donors (Lipinski definition) is 1. The number of carbonyl (C=O) groups is 1. The minimum atomic E-state index is -5.07. The van der Waals surface area contributed by atoms with Crippen LogP contribution in [0.5, 0.6) is 11.6 Å². The maximum Gasteiger partial charge on any atom is 0.451 e. The first-order valence-electron chi connectivity index (χ1n) is 8.40. The molecule has 3 aromatic rings. The summed E-state index contributed by atoms with van der Waals surface area (Å²) in [5.74, 6) is -6.74. The van der Waals surface area contributed by atoms with Gasteiger partial charge in [0.1, 0.15) is 22.9 Å². The van der Waals surface area contributed by atoms with Gasteiger partial charge in [0.05, 0.1) is 11.3 Å². The number of nitrogens with one attached hydrogen (secondary N) is 1. The number of ether oxygens (including phenoxy) is 1. The summed E-state index contributed by atoms with van der Waals surface area (Å²) < 4.78 is 109. The van der Waals surface area contributed by atoms with Crippen LogP contribution >= 0.6 is 0 Å². The molecule has 1 N–H and O–H groups in total. The molecule has 1 amide bonds. The molecule has 0 aliphatic carbocycles. The normalized spacial score (nSPS) is 11.9. The van der Waals surface area contributed by atoms with Crippen LogP contribution in [0, 0.1) is 11.6 Å². The number of benzene rings is 2. The van der Waals surface area contributed by atoms with Gasteiger partial charge < -0.3 is 10.1 Å². The molecule has 0 saturated carbocycles. The van der Waals surface area contributed by atoms with Crippen molar-refractivity contribution in [2.24, 2.45) is 0 Å². The Hall–Kier alpha value is -3.77. The van der Waals surface area contributed by atoms with Crippen LogP contribution in [-0.2, 0) is 12.4 Å². The smallest absolute Gasteiger partial charge is 0.438 e. The van der Waals surface area contributed by atoms with Gasteiger partial charge in [-0.15, -0.1) is 0 Å². The number of hydrogen-bond acceptors (Lipinski definition) is 4. The zero-order chi connectivity index (χ0) is 23.7. The Morgan fingerprint density at radius 2 is 1.66 bits per heavy atom. The zero-order valence-corrected chi connectivity index (χ0v) is 15.4. The summed E-state index contributed by atoms with van der Waals surface area (Å²) >= 11 is 0. The van der Waals surface area contributed by atoms with E-state index in [0.717, 1.165) is 24.3 Å². The molecule has 1 heterocycles. The van der Waals surface area contributed by atoms with Crippen LogP contribution < -0.4 is 10.1 Å². The first kappa shape index (κ1) is 22.9. The van der Waals surface area contributed by atoms with Crippen molar-refractivity contribution in [3.63, 3.8) is 0 Å². The maximum absolute atomic E-state index is 13.8. The van der Waals surface area contributed by atoms with Crippen molar-refractivity contribution in [2.75, 3.05) is 5.32 Å². The molecule has 0 bridgehead atoms. The van der Waals surface area contributed by atoms with Gasteiger partial charge in [-0.25, -0.2) is 13.8 Å². The molecule has 0 aliphatic rings. The van der Waals surface area contributed by atoms with Crippen molar-refractivity contribution in [3.05, 3.63) is 77.2 Å². The lowest BCUT2D eigenvalue weighted by molar-refractivity contribution is -0.145. The second-order valence-electron chi connectivity index (χ2n) is 6.12. The summed E-state index contributed by atoms with van der Waals surface area (Å²) in [6.45, 7) is 0. The molecule has 32 heavy (non-hydrogen) atoms. The second-order valence-corrected chi connectivity index (χ2v) is 6.12. The Morgan fingerprint density at radius 1 is 0.938 bits per heavy atom. The number of halogens is 8. The van der Waals surface area contributed by atoms with Gasteiger partial charge in [-0.1, -0.05) is 6.07 Å². The highest BCUT2D eigenvalue weighted by Gasteiger charge is 2.36. The molecule has 0 unspecified atom stereocenters. The molecule has 13 heteroatoms. The van der Waals surface area contributed by atoms with Crippen molar-refractivity contribution in [1.29, 1.82) is 0 Å². The Bertz CT molecular complexity index is 1160. The third kappa shape index (κ3) is 5.28. The third-order valence-corrected chi connectivity index (χ3v) is 3.81. The van der Waals surface area contributed by atoms with Crippen LogP contribution in [0.25, 0.3) is 0 Å². The number of rotatable bonds is 4. The third-order valence-electron chi connectivity index (χ3n) is 3.81. The van der Waals surface area contributed by atoms with Crippen LogP contribution in [0.1, 0.15) is 21.7 Å². The Kier molecular flexibility index (Phi) is 6.01. The molecule has 2 aromatic carbocycles. The topological polar surface area (TPSA) is 64.1 Å². The van der Waals surface area contributed by atoms with Crippen LogP contribution in [0.3, 0.4) is 0 Å². The quantitative estimate of drug-likeness (QED) is 0.494. The van der Waals surface area contributed by atoms with E-state index in [9.17, 15) is 39.9 Å². The van der Waals surface area contributed by atoms with Crippen LogP contribution in [0.15, 0.2) is 48.7 Å². The molecule has 0 atom stereocenters. The molecule has 0 aliphatic heterocycles.